The van der Waals surface area contributed by atoms with Gasteiger partial charge < -0.3 is 10.0 Å². The minimum Gasteiger partial charge on any atom is -0.478 e. The summed E-state index contributed by atoms with van der Waals surface area (Å²) >= 11 is 0. The van der Waals surface area contributed by atoms with E-state index in [-0.39, 0.29) is 0 Å². The van der Waals surface area contributed by atoms with Crippen molar-refractivity contribution in [3.05, 3.63) is 47.2 Å². The van der Waals surface area contributed by atoms with Gasteiger partial charge in [0.2, 0.25) is 0 Å². The van der Waals surface area contributed by atoms with Crippen LogP contribution in [-0.2, 0) is 0 Å². The van der Waals surface area contributed by atoms with E-state index in [1.165, 1.54) is 6.42 Å². The molecule has 0 spiro atoms. The topological polar surface area (TPSA) is 53.4 Å². The van der Waals surface area contributed by atoms with E-state index in [1.54, 1.807) is 0 Å². The summed E-state index contributed by atoms with van der Waals surface area (Å²) in [6.07, 6.45) is 3.35. The van der Waals surface area contributed by atoms with E-state index in [4.69, 9.17) is 0 Å². The van der Waals surface area contributed by atoms with Gasteiger partial charge >= 0.3 is 5.97 Å². The van der Waals surface area contributed by atoms with E-state index in [1.807, 2.05) is 44.2 Å². The molecular weight excluding hydrogens is 300 g/mol. The third-order valence-corrected chi connectivity index (χ3v) is 4.78. The van der Waals surface area contributed by atoms with Crippen LogP contribution >= 0.6 is 0 Å². The van der Waals surface area contributed by atoms with Crippen LogP contribution in [0, 0.1) is 13.8 Å². The van der Waals surface area contributed by atoms with Crippen LogP contribution in [0.1, 0.15) is 47.8 Å². The quantitative estimate of drug-likeness (QED) is 0.906. The summed E-state index contributed by atoms with van der Waals surface area (Å²) in [7, 11) is 0. The Morgan fingerprint density at radius 1 is 1.21 bits per heavy atom. The Labute approximate surface area is 143 Å². The predicted molar refractivity (Wildman–Crippen MR) is 96.8 cm³/mol. The van der Waals surface area contributed by atoms with E-state index in [9.17, 15) is 9.90 Å². The van der Waals surface area contributed by atoms with Gasteiger partial charge in [-0.25, -0.2) is 9.78 Å². The normalized spacial score (nSPS) is 17.8. The molecule has 24 heavy (non-hydrogen) atoms. The first-order valence-electron chi connectivity index (χ1n) is 8.56. The molecule has 0 radical (unpaired) electrons. The highest BCUT2D eigenvalue weighted by Gasteiger charge is 2.27. The van der Waals surface area contributed by atoms with Crippen LogP contribution in [0.2, 0.25) is 0 Å². The van der Waals surface area contributed by atoms with Gasteiger partial charge in [-0.05, 0) is 51.7 Å². The minimum absolute atomic E-state index is 0.317. The van der Waals surface area contributed by atoms with Crippen molar-refractivity contribution in [3.63, 3.8) is 0 Å². The summed E-state index contributed by atoms with van der Waals surface area (Å²) in [5.74, 6) is -0.295. The van der Waals surface area contributed by atoms with Crippen LogP contribution in [0.15, 0.2) is 30.3 Å². The van der Waals surface area contributed by atoms with Crippen LogP contribution < -0.4 is 4.90 Å². The predicted octanol–water partition coefficient (Wildman–Crippen LogP) is 4.44. The number of benzene rings is 1. The summed E-state index contributed by atoms with van der Waals surface area (Å²) in [5, 5.41) is 9.90. The van der Waals surface area contributed by atoms with Gasteiger partial charge in [0.1, 0.15) is 11.4 Å². The van der Waals surface area contributed by atoms with E-state index in [0.29, 0.717) is 17.4 Å². The highest BCUT2D eigenvalue weighted by Crippen LogP contribution is 2.34. The number of rotatable bonds is 3. The van der Waals surface area contributed by atoms with Gasteiger partial charge in [-0.15, -0.1) is 0 Å². The van der Waals surface area contributed by atoms with E-state index < -0.39 is 5.97 Å². The molecule has 1 aliphatic heterocycles. The Kier molecular flexibility index (Phi) is 4.56. The van der Waals surface area contributed by atoms with Crippen molar-refractivity contribution >= 4 is 11.8 Å². The lowest BCUT2D eigenvalue weighted by Crippen LogP contribution is -2.39. The lowest BCUT2D eigenvalue weighted by Gasteiger charge is -2.35. The summed E-state index contributed by atoms with van der Waals surface area (Å²) in [6.45, 7) is 6.98. The van der Waals surface area contributed by atoms with Crippen molar-refractivity contribution in [3.8, 4) is 11.1 Å². The molecule has 1 unspecified atom stereocenters. The van der Waals surface area contributed by atoms with Crippen molar-refractivity contribution in [2.24, 2.45) is 0 Å². The Bertz CT molecular complexity index is 753. The standard InChI is InChI=1S/C20H24N2O2/c1-13-7-9-16(10-8-13)17-12-14(2)21-19(18(17)20(23)24)22-11-5-4-6-15(22)3/h7-10,12,15H,4-6,11H2,1-3H3,(H,23,24). The van der Waals surface area contributed by atoms with E-state index >= 15 is 0 Å². The maximum atomic E-state index is 12.1. The van der Waals surface area contributed by atoms with E-state index in [0.717, 1.165) is 41.8 Å². The molecule has 1 atom stereocenters. The fourth-order valence-corrected chi connectivity index (χ4v) is 3.45. The minimum atomic E-state index is -0.911. The molecule has 1 N–H and O–H groups in total. The molecular formula is C20H24N2O2. The Balaban J connectivity index is 2.19. The highest BCUT2D eigenvalue weighted by molar-refractivity contribution is 6.01. The molecule has 2 aromatic rings. The zero-order chi connectivity index (χ0) is 17.3. The highest BCUT2D eigenvalue weighted by atomic mass is 16.4. The van der Waals surface area contributed by atoms with Crippen molar-refractivity contribution in [1.29, 1.82) is 0 Å². The molecule has 3 rings (SSSR count). The fourth-order valence-electron chi connectivity index (χ4n) is 3.45. The zero-order valence-electron chi connectivity index (χ0n) is 14.5. The second-order valence-corrected chi connectivity index (χ2v) is 6.72. The van der Waals surface area contributed by atoms with Gasteiger partial charge in [-0.2, -0.15) is 0 Å². The molecule has 4 nitrogen and oxygen atoms in total. The number of pyridine rings is 1. The maximum absolute atomic E-state index is 12.1. The molecule has 1 saturated heterocycles. The monoisotopic (exact) mass is 324 g/mol. The van der Waals surface area contributed by atoms with Gasteiger partial charge in [0.05, 0.1) is 0 Å². The van der Waals surface area contributed by atoms with Crippen LogP contribution in [0.3, 0.4) is 0 Å². The number of aromatic carboxylic acids is 1. The lowest BCUT2D eigenvalue weighted by molar-refractivity contribution is 0.0698. The SMILES string of the molecule is Cc1ccc(-c2cc(C)nc(N3CCCCC3C)c2C(=O)O)cc1. The summed E-state index contributed by atoms with van der Waals surface area (Å²) in [5.41, 5.74) is 4.00. The number of hydrogen-bond acceptors (Lipinski definition) is 3. The third kappa shape index (κ3) is 3.14. The van der Waals surface area contributed by atoms with Crippen LogP contribution in [0.4, 0.5) is 5.82 Å². The van der Waals surface area contributed by atoms with Crippen molar-refractivity contribution in [1.82, 2.24) is 4.98 Å². The first-order valence-corrected chi connectivity index (χ1v) is 8.56. The Morgan fingerprint density at radius 2 is 1.92 bits per heavy atom. The van der Waals surface area contributed by atoms with E-state index in [2.05, 4.69) is 16.8 Å². The molecule has 4 heteroatoms. The summed E-state index contributed by atoms with van der Waals surface area (Å²) in [6, 6.07) is 10.2. The van der Waals surface area contributed by atoms with Crippen LogP contribution in [0.5, 0.6) is 0 Å². The largest absolute Gasteiger partial charge is 0.478 e. The number of aryl methyl sites for hydroxylation is 2. The molecule has 1 aromatic heterocycles. The smallest absolute Gasteiger partial charge is 0.340 e. The average Bonchev–Trinajstić information content (AvgIpc) is 2.55. The fraction of sp³-hybridized carbons (Fsp3) is 0.400. The molecule has 1 aromatic carbocycles. The van der Waals surface area contributed by atoms with Crippen molar-refractivity contribution < 1.29 is 9.90 Å². The molecule has 0 bridgehead atoms. The molecule has 0 amide bonds. The number of anilines is 1. The van der Waals surface area contributed by atoms with Crippen molar-refractivity contribution in [2.75, 3.05) is 11.4 Å². The molecule has 2 heterocycles. The van der Waals surface area contributed by atoms with Gasteiger partial charge in [0, 0.05) is 23.8 Å². The third-order valence-electron chi connectivity index (χ3n) is 4.78. The lowest BCUT2D eigenvalue weighted by atomic mass is 9.96. The number of aromatic nitrogens is 1. The Hall–Kier alpha value is -2.36. The first kappa shape index (κ1) is 16.5. The average molecular weight is 324 g/mol. The second-order valence-electron chi connectivity index (χ2n) is 6.72. The summed E-state index contributed by atoms with van der Waals surface area (Å²) in [4.78, 5) is 18.9. The van der Waals surface area contributed by atoms with Gasteiger partial charge in [-0.3, -0.25) is 0 Å². The first-order chi connectivity index (χ1) is 11.5. The van der Waals surface area contributed by atoms with Crippen LogP contribution in [-0.4, -0.2) is 28.6 Å². The number of carbonyl (C=O) groups is 1. The number of piperidine rings is 1. The maximum Gasteiger partial charge on any atom is 0.340 e. The second kappa shape index (κ2) is 6.63. The molecule has 0 saturated carbocycles. The number of carboxylic acids is 1. The molecule has 1 aliphatic rings. The van der Waals surface area contributed by atoms with Crippen LogP contribution in [0.25, 0.3) is 11.1 Å². The number of hydrogen-bond donors (Lipinski definition) is 1. The molecule has 126 valence electrons. The number of nitrogens with zero attached hydrogens (tertiary/aromatic N) is 2. The number of carboxylic acid groups (broad SMARTS) is 1. The summed E-state index contributed by atoms with van der Waals surface area (Å²) < 4.78 is 0. The van der Waals surface area contributed by atoms with Gasteiger partial charge in [0.15, 0.2) is 0 Å². The van der Waals surface area contributed by atoms with Gasteiger partial charge in [-0.1, -0.05) is 29.8 Å². The molecule has 1 fully saturated rings. The molecule has 0 aliphatic carbocycles. The van der Waals surface area contributed by atoms with Gasteiger partial charge in [0.25, 0.3) is 0 Å². The Morgan fingerprint density at radius 3 is 2.54 bits per heavy atom. The van der Waals surface area contributed by atoms with Crippen molar-refractivity contribution in [2.45, 2.75) is 46.1 Å². The zero-order valence-corrected chi connectivity index (χ0v) is 14.5.